The molecule has 88 valence electrons. The lowest BCUT2D eigenvalue weighted by atomic mass is 9.99. The zero-order valence-corrected chi connectivity index (χ0v) is 8.92. The number of pyridine rings is 1. The minimum Gasteiger partial charge on any atom is -0.390 e. The minimum atomic E-state index is -1.23. The molecule has 0 aliphatic rings. The van der Waals surface area contributed by atoms with Crippen molar-refractivity contribution in [3.05, 3.63) is 23.4 Å². The zero-order chi connectivity index (χ0) is 12.3. The lowest BCUT2D eigenvalue weighted by molar-refractivity contribution is -0.121. The standard InChI is InChI=1S/C10H15N3O3/c1-5-2-8(11)13-4-6(5)10(16)7(14)3-9(12)15/h2,4,7,10,14,16H,3H2,1H3,(H2,11,13)(H2,12,15). The van der Waals surface area contributed by atoms with Crippen LogP contribution >= 0.6 is 0 Å². The molecule has 0 aliphatic carbocycles. The fourth-order valence-corrected chi connectivity index (χ4v) is 1.42. The SMILES string of the molecule is Cc1cc(N)ncc1C(O)C(O)CC(N)=O. The number of anilines is 1. The summed E-state index contributed by atoms with van der Waals surface area (Å²) in [5.41, 5.74) is 11.5. The Morgan fingerprint density at radius 2 is 2.19 bits per heavy atom. The van der Waals surface area contributed by atoms with Gasteiger partial charge in [-0.25, -0.2) is 4.98 Å². The number of hydrogen-bond donors (Lipinski definition) is 4. The Morgan fingerprint density at radius 1 is 1.56 bits per heavy atom. The first-order valence-corrected chi connectivity index (χ1v) is 4.78. The number of nitrogens with two attached hydrogens (primary N) is 2. The van der Waals surface area contributed by atoms with Crippen LogP contribution in [-0.4, -0.2) is 27.2 Å². The molecule has 1 aromatic heterocycles. The highest BCUT2D eigenvalue weighted by atomic mass is 16.3. The fourth-order valence-electron chi connectivity index (χ4n) is 1.42. The van der Waals surface area contributed by atoms with E-state index in [-0.39, 0.29) is 6.42 Å². The van der Waals surface area contributed by atoms with Gasteiger partial charge in [-0.05, 0) is 18.6 Å². The van der Waals surface area contributed by atoms with Crippen molar-refractivity contribution in [2.45, 2.75) is 25.6 Å². The maximum Gasteiger partial charge on any atom is 0.220 e. The van der Waals surface area contributed by atoms with Gasteiger partial charge >= 0.3 is 0 Å². The van der Waals surface area contributed by atoms with Crippen LogP contribution in [0.2, 0.25) is 0 Å². The summed E-state index contributed by atoms with van der Waals surface area (Å²) in [6.07, 6.45) is -1.35. The summed E-state index contributed by atoms with van der Waals surface area (Å²) >= 11 is 0. The second-order valence-corrected chi connectivity index (χ2v) is 3.65. The van der Waals surface area contributed by atoms with E-state index in [4.69, 9.17) is 11.5 Å². The van der Waals surface area contributed by atoms with Crippen LogP contribution in [0.3, 0.4) is 0 Å². The average Bonchev–Trinajstić information content (AvgIpc) is 2.15. The van der Waals surface area contributed by atoms with Crippen molar-refractivity contribution < 1.29 is 15.0 Å². The number of aliphatic hydroxyl groups is 2. The van der Waals surface area contributed by atoms with Gasteiger partial charge in [0.15, 0.2) is 0 Å². The van der Waals surface area contributed by atoms with E-state index in [1.165, 1.54) is 6.20 Å². The molecule has 6 N–H and O–H groups in total. The lowest BCUT2D eigenvalue weighted by Gasteiger charge is -2.18. The summed E-state index contributed by atoms with van der Waals surface area (Å²) in [7, 11) is 0. The second-order valence-electron chi connectivity index (χ2n) is 3.65. The van der Waals surface area contributed by atoms with Gasteiger partial charge in [0.2, 0.25) is 5.91 Å². The van der Waals surface area contributed by atoms with Crippen molar-refractivity contribution >= 4 is 11.7 Å². The Morgan fingerprint density at radius 3 is 2.69 bits per heavy atom. The summed E-state index contributed by atoms with van der Waals surface area (Å²) in [4.78, 5) is 14.4. The highest BCUT2D eigenvalue weighted by Crippen LogP contribution is 2.22. The molecule has 6 nitrogen and oxygen atoms in total. The number of nitrogens with zero attached hydrogens (tertiary/aromatic N) is 1. The Bertz CT molecular complexity index is 395. The number of primary amides is 1. The molecule has 2 unspecified atom stereocenters. The molecule has 1 amide bonds. The molecule has 1 heterocycles. The first-order chi connectivity index (χ1) is 7.41. The zero-order valence-electron chi connectivity index (χ0n) is 8.92. The first kappa shape index (κ1) is 12.4. The smallest absolute Gasteiger partial charge is 0.220 e. The predicted molar refractivity (Wildman–Crippen MR) is 58.2 cm³/mol. The van der Waals surface area contributed by atoms with E-state index >= 15 is 0 Å². The topological polar surface area (TPSA) is 122 Å². The molecule has 0 bridgehead atoms. The molecule has 6 heteroatoms. The lowest BCUT2D eigenvalue weighted by Crippen LogP contribution is -2.26. The quantitative estimate of drug-likeness (QED) is 0.536. The molecule has 0 radical (unpaired) electrons. The van der Waals surface area contributed by atoms with Crippen LogP contribution in [0.5, 0.6) is 0 Å². The average molecular weight is 225 g/mol. The summed E-state index contributed by atoms with van der Waals surface area (Å²) in [5, 5.41) is 19.3. The van der Waals surface area contributed by atoms with Crippen LogP contribution in [0.15, 0.2) is 12.3 Å². The first-order valence-electron chi connectivity index (χ1n) is 4.78. The number of aryl methyl sites for hydroxylation is 1. The monoisotopic (exact) mass is 225 g/mol. The Hall–Kier alpha value is -1.66. The number of carbonyl (C=O) groups excluding carboxylic acids is 1. The number of nitrogen functional groups attached to an aromatic ring is 1. The van der Waals surface area contributed by atoms with Crippen LogP contribution in [0.4, 0.5) is 5.82 Å². The molecule has 0 saturated carbocycles. The fraction of sp³-hybridized carbons (Fsp3) is 0.400. The number of hydrogen-bond acceptors (Lipinski definition) is 5. The van der Waals surface area contributed by atoms with Gasteiger partial charge in [0.1, 0.15) is 11.9 Å². The third-order valence-electron chi connectivity index (χ3n) is 2.27. The highest BCUT2D eigenvalue weighted by molar-refractivity contribution is 5.74. The highest BCUT2D eigenvalue weighted by Gasteiger charge is 2.22. The molecular formula is C10H15N3O3. The van der Waals surface area contributed by atoms with Crippen LogP contribution in [0.1, 0.15) is 23.7 Å². The van der Waals surface area contributed by atoms with Gasteiger partial charge in [-0.15, -0.1) is 0 Å². The summed E-state index contributed by atoms with van der Waals surface area (Å²) in [5.74, 6) is -0.342. The Kier molecular flexibility index (Phi) is 3.81. The largest absolute Gasteiger partial charge is 0.390 e. The van der Waals surface area contributed by atoms with E-state index in [9.17, 15) is 15.0 Å². The number of rotatable bonds is 4. The van der Waals surface area contributed by atoms with Crippen molar-refractivity contribution in [1.29, 1.82) is 0 Å². The van der Waals surface area contributed by atoms with Crippen molar-refractivity contribution in [3.8, 4) is 0 Å². The maximum atomic E-state index is 10.6. The third kappa shape index (κ3) is 2.91. The van der Waals surface area contributed by atoms with Gasteiger partial charge in [0.05, 0.1) is 12.5 Å². The molecule has 0 saturated heterocycles. The van der Waals surface area contributed by atoms with Crippen molar-refractivity contribution in [2.24, 2.45) is 5.73 Å². The summed E-state index contributed by atoms with van der Waals surface area (Å²) in [6.45, 7) is 1.73. The van der Waals surface area contributed by atoms with Crippen molar-refractivity contribution in [3.63, 3.8) is 0 Å². The van der Waals surface area contributed by atoms with E-state index in [0.29, 0.717) is 16.9 Å². The van der Waals surface area contributed by atoms with Gasteiger partial charge in [0, 0.05) is 11.8 Å². The van der Waals surface area contributed by atoms with E-state index in [2.05, 4.69) is 4.98 Å². The molecule has 2 atom stereocenters. The van der Waals surface area contributed by atoms with Crippen LogP contribution in [-0.2, 0) is 4.79 Å². The summed E-state index contributed by atoms with van der Waals surface area (Å²) in [6, 6.07) is 1.58. The molecule has 1 rings (SSSR count). The molecule has 1 aromatic rings. The van der Waals surface area contributed by atoms with Crippen LogP contribution < -0.4 is 11.5 Å². The third-order valence-corrected chi connectivity index (χ3v) is 2.27. The van der Waals surface area contributed by atoms with Gasteiger partial charge in [-0.2, -0.15) is 0 Å². The second kappa shape index (κ2) is 4.91. The number of aliphatic hydroxyl groups excluding tert-OH is 2. The molecule has 0 aliphatic heterocycles. The van der Waals surface area contributed by atoms with E-state index < -0.39 is 18.1 Å². The van der Waals surface area contributed by atoms with Crippen LogP contribution in [0, 0.1) is 6.92 Å². The predicted octanol–water partition coefficient (Wildman–Crippen LogP) is -0.758. The van der Waals surface area contributed by atoms with E-state index in [0.717, 1.165) is 0 Å². The van der Waals surface area contributed by atoms with Gasteiger partial charge in [0.25, 0.3) is 0 Å². The minimum absolute atomic E-state index is 0.301. The normalized spacial score (nSPS) is 14.4. The van der Waals surface area contributed by atoms with Gasteiger partial charge < -0.3 is 21.7 Å². The van der Waals surface area contributed by atoms with E-state index in [1.807, 2.05) is 0 Å². The van der Waals surface area contributed by atoms with Crippen LogP contribution in [0.25, 0.3) is 0 Å². The molecule has 0 fully saturated rings. The Labute approximate surface area is 92.9 Å². The van der Waals surface area contributed by atoms with E-state index in [1.54, 1.807) is 13.0 Å². The van der Waals surface area contributed by atoms with Gasteiger partial charge in [-0.1, -0.05) is 0 Å². The molecule has 0 aromatic carbocycles. The van der Waals surface area contributed by atoms with Gasteiger partial charge in [-0.3, -0.25) is 4.79 Å². The number of carbonyl (C=O) groups is 1. The number of amides is 1. The number of aromatic nitrogens is 1. The van der Waals surface area contributed by atoms with Crippen molar-refractivity contribution in [2.75, 3.05) is 5.73 Å². The maximum absolute atomic E-state index is 10.6. The van der Waals surface area contributed by atoms with Crippen molar-refractivity contribution in [1.82, 2.24) is 4.98 Å². The Balaban J connectivity index is 2.87. The molecular weight excluding hydrogens is 210 g/mol. The molecule has 16 heavy (non-hydrogen) atoms. The summed E-state index contributed by atoms with van der Waals surface area (Å²) < 4.78 is 0. The molecule has 0 spiro atoms.